The fourth-order valence-electron chi connectivity index (χ4n) is 3.62. The van der Waals surface area contributed by atoms with E-state index in [0.717, 1.165) is 6.42 Å². The predicted molar refractivity (Wildman–Crippen MR) is 90.7 cm³/mol. The van der Waals surface area contributed by atoms with Crippen molar-refractivity contribution in [2.24, 2.45) is 17.8 Å². The molecule has 0 amide bonds. The topological polar surface area (TPSA) is 26.3 Å². The third-order valence-electron chi connectivity index (χ3n) is 5.09. The van der Waals surface area contributed by atoms with Crippen LogP contribution in [0.2, 0.25) is 0 Å². The van der Waals surface area contributed by atoms with Crippen LogP contribution in [-0.2, 0) is 9.53 Å². The average molecular weight is 302 g/mol. The molecule has 4 atom stereocenters. The number of benzene rings is 1. The standard InChI is InChI=1S/C20H30O2/c1-14(2)18-11-10-15(3)12-19(18)22-20(21)13-16(4)17-8-6-5-7-9-17/h5-9,14-16,18-19H,10-13H2,1-4H3/t15-,16-,18-,19-/m1/s1. The molecule has 1 saturated carbocycles. The second kappa shape index (κ2) is 7.80. The molecule has 0 bridgehead atoms. The molecule has 0 N–H and O–H groups in total. The molecule has 22 heavy (non-hydrogen) atoms. The molecular formula is C20H30O2. The number of carbonyl (C=O) groups is 1. The van der Waals surface area contributed by atoms with Crippen LogP contribution in [0, 0.1) is 17.8 Å². The van der Waals surface area contributed by atoms with E-state index in [-0.39, 0.29) is 18.0 Å². The van der Waals surface area contributed by atoms with Crippen molar-refractivity contribution in [2.45, 2.75) is 65.4 Å². The van der Waals surface area contributed by atoms with Crippen molar-refractivity contribution in [3.8, 4) is 0 Å². The Kier molecular flexibility index (Phi) is 6.05. The molecule has 0 aliphatic heterocycles. The van der Waals surface area contributed by atoms with Crippen LogP contribution < -0.4 is 0 Å². The number of hydrogen-bond acceptors (Lipinski definition) is 2. The van der Waals surface area contributed by atoms with Crippen LogP contribution in [-0.4, -0.2) is 12.1 Å². The molecule has 0 heterocycles. The second-order valence-electron chi connectivity index (χ2n) is 7.37. The monoisotopic (exact) mass is 302 g/mol. The minimum Gasteiger partial charge on any atom is -0.462 e. The van der Waals surface area contributed by atoms with Gasteiger partial charge in [0.2, 0.25) is 0 Å². The highest BCUT2D eigenvalue weighted by atomic mass is 16.5. The first-order valence-electron chi connectivity index (χ1n) is 8.71. The summed E-state index contributed by atoms with van der Waals surface area (Å²) < 4.78 is 5.89. The Labute approximate surface area is 135 Å². The third kappa shape index (κ3) is 4.59. The molecule has 0 aromatic heterocycles. The van der Waals surface area contributed by atoms with Crippen molar-refractivity contribution in [1.29, 1.82) is 0 Å². The van der Waals surface area contributed by atoms with Crippen LogP contribution >= 0.6 is 0 Å². The minimum absolute atomic E-state index is 0.0406. The number of hydrogen-bond donors (Lipinski definition) is 0. The van der Waals surface area contributed by atoms with Crippen LogP contribution in [0.25, 0.3) is 0 Å². The Morgan fingerprint density at radius 2 is 1.86 bits per heavy atom. The van der Waals surface area contributed by atoms with E-state index >= 15 is 0 Å². The first-order chi connectivity index (χ1) is 10.5. The molecule has 0 saturated heterocycles. The number of esters is 1. The maximum atomic E-state index is 12.3. The molecule has 0 unspecified atom stereocenters. The van der Waals surface area contributed by atoms with E-state index in [1.165, 1.54) is 18.4 Å². The van der Waals surface area contributed by atoms with Gasteiger partial charge in [-0.3, -0.25) is 4.79 Å². The summed E-state index contributed by atoms with van der Waals surface area (Å²) in [4.78, 5) is 12.3. The van der Waals surface area contributed by atoms with Gasteiger partial charge in [0.1, 0.15) is 6.10 Å². The number of rotatable bonds is 5. The van der Waals surface area contributed by atoms with Gasteiger partial charge in [0.05, 0.1) is 6.42 Å². The van der Waals surface area contributed by atoms with Crippen molar-refractivity contribution in [3.05, 3.63) is 35.9 Å². The summed E-state index contributed by atoms with van der Waals surface area (Å²) in [6.45, 7) is 8.85. The van der Waals surface area contributed by atoms with Gasteiger partial charge in [0, 0.05) is 0 Å². The van der Waals surface area contributed by atoms with Gasteiger partial charge >= 0.3 is 5.97 Å². The van der Waals surface area contributed by atoms with E-state index < -0.39 is 0 Å². The average Bonchev–Trinajstić information content (AvgIpc) is 2.47. The van der Waals surface area contributed by atoms with Gasteiger partial charge in [-0.15, -0.1) is 0 Å². The van der Waals surface area contributed by atoms with Crippen molar-refractivity contribution < 1.29 is 9.53 Å². The highest BCUT2D eigenvalue weighted by Gasteiger charge is 2.33. The quantitative estimate of drug-likeness (QED) is 0.700. The van der Waals surface area contributed by atoms with E-state index in [2.05, 4.69) is 39.8 Å². The van der Waals surface area contributed by atoms with E-state index in [1.54, 1.807) is 0 Å². The molecule has 1 aliphatic carbocycles. The summed E-state index contributed by atoms with van der Waals surface area (Å²) in [5.41, 5.74) is 1.21. The summed E-state index contributed by atoms with van der Waals surface area (Å²) in [5.74, 6) is 1.94. The lowest BCUT2D eigenvalue weighted by Crippen LogP contribution is -2.36. The van der Waals surface area contributed by atoms with E-state index in [1.807, 2.05) is 18.2 Å². The molecule has 2 rings (SSSR count). The van der Waals surface area contributed by atoms with Crippen molar-refractivity contribution in [2.75, 3.05) is 0 Å². The molecule has 1 aromatic rings. The van der Waals surface area contributed by atoms with Crippen molar-refractivity contribution >= 4 is 5.97 Å². The van der Waals surface area contributed by atoms with E-state index in [4.69, 9.17) is 4.74 Å². The molecule has 2 heteroatoms. The lowest BCUT2D eigenvalue weighted by Gasteiger charge is -2.36. The van der Waals surface area contributed by atoms with Gasteiger partial charge < -0.3 is 4.74 Å². The SMILES string of the molecule is CC(C)[C@H]1CC[C@@H](C)C[C@H]1OC(=O)C[C@@H](C)c1ccccc1. The molecule has 0 spiro atoms. The number of ether oxygens (including phenoxy) is 1. The fourth-order valence-corrected chi connectivity index (χ4v) is 3.62. The van der Waals surface area contributed by atoms with Gasteiger partial charge in [0.15, 0.2) is 0 Å². The zero-order valence-electron chi connectivity index (χ0n) is 14.4. The van der Waals surface area contributed by atoms with Gasteiger partial charge in [-0.1, -0.05) is 64.4 Å². The third-order valence-corrected chi connectivity index (χ3v) is 5.09. The molecule has 1 aromatic carbocycles. The summed E-state index contributed by atoms with van der Waals surface area (Å²) in [7, 11) is 0. The van der Waals surface area contributed by atoms with Crippen LogP contribution in [0.15, 0.2) is 30.3 Å². The second-order valence-corrected chi connectivity index (χ2v) is 7.37. The van der Waals surface area contributed by atoms with Crippen LogP contribution in [0.3, 0.4) is 0 Å². The molecule has 122 valence electrons. The normalized spacial score (nSPS) is 26.7. The Bertz CT molecular complexity index is 466. The largest absolute Gasteiger partial charge is 0.462 e. The zero-order valence-corrected chi connectivity index (χ0v) is 14.4. The van der Waals surface area contributed by atoms with Gasteiger partial charge in [0.25, 0.3) is 0 Å². The molecule has 1 fully saturated rings. The molecular weight excluding hydrogens is 272 g/mol. The van der Waals surface area contributed by atoms with Crippen LogP contribution in [0.4, 0.5) is 0 Å². The highest BCUT2D eigenvalue weighted by molar-refractivity contribution is 5.70. The maximum absolute atomic E-state index is 12.3. The molecule has 2 nitrogen and oxygen atoms in total. The minimum atomic E-state index is -0.0406. The first kappa shape index (κ1) is 17.1. The smallest absolute Gasteiger partial charge is 0.306 e. The summed E-state index contributed by atoms with van der Waals surface area (Å²) in [6.07, 6.45) is 4.05. The molecule has 0 radical (unpaired) electrons. The lowest BCUT2D eigenvalue weighted by molar-refractivity contribution is -0.156. The van der Waals surface area contributed by atoms with E-state index in [9.17, 15) is 4.79 Å². The highest BCUT2D eigenvalue weighted by Crippen LogP contribution is 2.35. The first-order valence-corrected chi connectivity index (χ1v) is 8.71. The van der Waals surface area contributed by atoms with Crippen molar-refractivity contribution in [3.63, 3.8) is 0 Å². The van der Waals surface area contributed by atoms with Gasteiger partial charge in [-0.25, -0.2) is 0 Å². The van der Waals surface area contributed by atoms with E-state index in [0.29, 0.717) is 24.2 Å². The summed E-state index contributed by atoms with van der Waals surface area (Å²) in [6, 6.07) is 10.2. The summed E-state index contributed by atoms with van der Waals surface area (Å²) >= 11 is 0. The zero-order chi connectivity index (χ0) is 16.1. The Balaban J connectivity index is 1.92. The van der Waals surface area contributed by atoms with Crippen molar-refractivity contribution in [1.82, 2.24) is 0 Å². The summed E-state index contributed by atoms with van der Waals surface area (Å²) in [5, 5.41) is 0. The molecule has 1 aliphatic rings. The number of carbonyl (C=O) groups excluding carboxylic acids is 1. The Morgan fingerprint density at radius 3 is 2.50 bits per heavy atom. The Morgan fingerprint density at radius 1 is 1.18 bits per heavy atom. The maximum Gasteiger partial charge on any atom is 0.306 e. The Hall–Kier alpha value is -1.31. The fraction of sp³-hybridized carbons (Fsp3) is 0.650. The van der Waals surface area contributed by atoms with Gasteiger partial charge in [-0.2, -0.15) is 0 Å². The van der Waals surface area contributed by atoms with Crippen LogP contribution in [0.1, 0.15) is 64.9 Å². The van der Waals surface area contributed by atoms with Gasteiger partial charge in [-0.05, 0) is 42.1 Å². The lowest BCUT2D eigenvalue weighted by atomic mass is 9.75. The predicted octanol–water partition coefficient (Wildman–Crippen LogP) is 5.18. The van der Waals surface area contributed by atoms with Crippen LogP contribution in [0.5, 0.6) is 0 Å².